The summed E-state index contributed by atoms with van der Waals surface area (Å²) in [6.07, 6.45) is 5.12. The summed E-state index contributed by atoms with van der Waals surface area (Å²) in [7, 11) is 2.28. The predicted molar refractivity (Wildman–Crippen MR) is 81.4 cm³/mol. The minimum absolute atomic E-state index is 0.450. The Labute approximate surface area is 118 Å². The minimum Gasteiger partial charge on any atom is -0.328 e. The lowest BCUT2D eigenvalue weighted by Crippen LogP contribution is -2.44. The van der Waals surface area contributed by atoms with Crippen LogP contribution < -0.4 is 5.73 Å². The normalized spacial score (nSPS) is 27.5. The van der Waals surface area contributed by atoms with Gasteiger partial charge in [-0.15, -0.1) is 0 Å². The Morgan fingerprint density at radius 3 is 2.58 bits per heavy atom. The highest BCUT2D eigenvalue weighted by molar-refractivity contribution is 4.81. The molecule has 2 saturated heterocycles. The van der Waals surface area contributed by atoms with Gasteiger partial charge in [0.2, 0.25) is 0 Å². The van der Waals surface area contributed by atoms with Crippen molar-refractivity contribution >= 4 is 0 Å². The van der Waals surface area contributed by atoms with Gasteiger partial charge in [-0.2, -0.15) is 0 Å². The van der Waals surface area contributed by atoms with Crippen LogP contribution >= 0.6 is 0 Å². The van der Waals surface area contributed by atoms with E-state index in [9.17, 15) is 0 Å². The number of nitrogens with two attached hydrogens (primary N) is 1. The lowest BCUT2D eigenvalue weighted by atomic mass is 10.1. The summed E-state index contributed by atoms with van der Waals surface area (Å²) in [6.45, 7) is 10.8. The van der Waals surface area contributed by atoms with Crippen LogP contribution in [0.2, 0.25) is 0 Å². The Hall–Kier alpha value is -0.160. The SMILES string of the molecule is CCN1CCCC1CN(C)CCN1CCC(N)CC1. The first-order chi connectivity index (χ1) is 9.19. The van der Waals surface area contributed by atoms with Gasteiger partial charge in [-0.05, 0) is 58.9 Å². The van der Waals surface area contributed by atoms with Crippen molar-refractivity contribution in [2.24, 2.45) is 5.73 Å². The number of likely N-dealkylation sites (N-methyl/N-ethyl adjacent to an activating group) is 2. The van der Waals surface area contributed by atoms with Crippen molar-refractivity contribution in [2.45, 2.75) is 44.7 Å². The van der Waals surface area contributed by atoms with Crippen LogP contribution in [0.25, 0.3) is 0 Å². The third-order valence-electron chi connectivity index (χ3n) is 4.86. The zero-order valence-corrected chi connectivity index (χ0v) is 12.9. The predicted octanol–water partition coefficient (Wildman–Crippen LogP) is 0.826. The molecule has 0 aromatic rings. The molecule has 1 unspecified atom stereocenters. The Kier molecular flexibility index (Phi) is 6.07. The molecule has 1 atom stereocenters. The van der Waals surface area contributed by atoms with E-state index in [0.717, 1.165) is 6.04 Å². The van der Waals surface area contributed by atoms with Crippen LogP contribution in [-0.2, 0) is 0 Å². The topological polar surface area (TPSA) is 35.7 Å². The van der Waals surface area contributed by atoms with Crippen LogP contribution in [0.1, 0.15) is 32.6 Å². The average molecular weight is 268 g/mol. The zero-order chi connectivity index (χ0) is 13.7. The fourth-order valence-corrected chi connectivity index (χ4v) is 3.46. The van der Waals surface area contributed by atoms with E-state index in [0.29, 0.717) is 6.04 Å². The van der Waals surface area contributed by atoms with Gasteiger partial charge in [0.25, 0.3) is 0 Å². The molecule has 2 aliphatic heterocycles. The van der Waals surface area contributed by atoms with E-state index >= 15 is 0 Å². The van der Waals surface area contributed by atoms with Crippen molar-refractivity contribution in [1.29, 1.82) is 0 Å². The molecular weight excluding hydrogens is 236 g/mol. The van der Waals surface area contributed by atoms with Gasteiger partial charge in [0, 0.05) is 31.7 Å². The van der Waals surface area contributed by atoms with Gasteiger partial charge in [-0.25, -0.2) is 0 Å². The summed E-state index contributed by atoms with van der Waals surface area (Å²) in [5, 5.41) is 0. The van der Waals surface area contributed by atoms with E-state index in [-0.39, 0.29) is 0 Å². The van der Waals surface area contributed by atoms with Crippen LogP contribution in [0.15, 0.2) is 0 Å². The van der Waals surface area contributed by atoms with E-state index < -0.39 is 0 Å². The summed E-state index contributed by atoms with van der Waals surface area (Å²) < 4.78 is 0. The van der Waals surface area contributed by atoms with Gasteiger partial charge in [0.1, 0.15) is 0 Å². The first-order valence-electron chi connectivity index (χ1n) is 8.09. The van der Waals surface area contributed by atoms with Gasteiger partial charge < -0.3 is 15.5 Å². The van der Waals surface area contributed by atoms with Crippen molar-refractivity contribution in [3.05, 3.63) is 0 Å². The highest BCUT2D eigenvalue weighted by atomic mass is 15.2. The maximum absolute atomic E-state index is 5.95. The molecule has 0 saturated carbocycles. The fourth-order valence-electron chi connectivity index (χ4n) is 3.46. The number of piperidine rings is 1. The van der Waals surface area contributed by atoms with E-state index in [1.54, 1.807) is 0 Å². The second kappa shape index (κ2) is 7.58. The molecular formula is C15H32N4. The third kappa shape index (κ3) is 4.71. The Morgan fingerprint density at radius 2 is 1.89 bits per heavy atom. The lowest BCUT2D eigenvalue weighted by molar-refractivity contribution is 0.160. The van der Waals surface area contributed by atoms with Crippen molar-refractivity contribution in [1.82, 2.24) is 14.7 Å². The summed E-state index contributed by atoms with van der Waals surface area (Å²) >= 11 is 0. The monoisotopic (exact) mass is 268 g/mol. The van der Waals surface area contributed by atoms with Gasteiger partial charge in [-0.3, -0.25) is 4.90 Å². The van der Waals surface area contributed by atoms with Crippen LogP contribution in [0.4, 0.5) is 0 Å². The van der Waals surface area contributed by atoms with Gasteiger partial charge in [0.15, 0.2) is 0 Å². The average Bonchev–Trinajstić information content (AvgIpc) is 2.85. The maximum atomic E-state index is 5.95. The third-order valence-corrected chi connectivity index (χ3v) is 4.86. The molecule has 2 rings (SSSR count). The molecule has 112 valence electrons. The Bertz CT molecular complexity index is 251. The molecule has 0 aromatic heterocycles. The largest absolute Gasteiger partial charge is 0.328 e. The number of hydrogen-bond donors (Lipinski definition) is 1. The number of hydrogen-bond acceptors (Lipinski definition) is 4. The smallest absolute Gasteiger partial charge is 0.0223 e. The number of rotatable bonds is 6. The Morgan fingerprint density at radius 1 is 1.16 bits per heavy atom. The molecule has 0 aliphatic carbocycles. The Balaban J connectivity index is 1.63. The molecule has 0 bridgehead atoms. The molecule has 0 amide bonds. The maximum Gasteiger partial charge on any atom is 0.0223 e. The van der Waals surface area contributed by atoms with E-state index in [4.69, 9.17) is 5.73 Å². The molecule has 0 aromatic carbocycles. The van der Waals surface area contributed by atoms with Crippen molar-refractivity contribution in [3.8, 4) is 0 Å². The van der Waals surface area contributed by atoms with Crippen molar-refractivity contribution < 1.29 is 0 Å². The van der Waals surface area contributed by atoms with Crippen LogP contribution in [0.5, 0.6) is 0 Å². The molecule has 2 aliphatic rings. The first kappa shape index (κ1) is 15.2. The van der Waals surface area contributed by atoms with Gasteiger partial charge >= 0.3 is 0 Å². The summed E-state index contributed by atoms with van der Waals surface area (Å²) in [5.41, 5.74) is 5.95. The number of nitrogens with zero attached hydrogens (tertiary/aromatic N) is 3. The minimum atomic E-state index is 0.450. The molecule has 2 N–H and O–H groups in total. The second-order valence-corrected chi connectivity index (χ2v) is 6.37. The number of likely N-dealkylation sites (tertiary alicyclic amines) is 2. The fraction of sp³-hybridized carbons (Fsp3) is 1.00. The van der Waals surface area contributed by atoms with Crippen LogP contribution in [0, 0.1) is 0 Å². The molecule has 19 heavy (non-hydrogen) atoms. The van der Waals surface area contributed by atoms with Crippen molar-refractivity contribution in [2.75, 3.05) is 52.9 Å². The highest BCUT2D eigenvalue weighted by Gasteiger charge is 2.24. The molecule has 0 spiro atoms. The van der Waals surface area contributed by atoms with Crippen LogP contribution in [0.3, 0.4) is 0 Å². The highest BCUT2D eigenvalue weighted by Crippen LogP contribution is 2.17. The summed E-state index contributed by atoms with van der Waals surface area (Å²) in [5.74, 6) is 0. The lowest BCUT2D eigenvalue weighted by Gasteiger charge is -2.32. The summed E-state index contributed by atoms with van der Waals surface area (Å²) in [6, 6.07) is 1.25. The summed E-state index contributed by atoms with van der Waals surface area (Å²) in [4.78, 5) is 7.73. The van der Waals surface area contributed by atoms with E-state index in [1.807, 2.05) is 0 Å². The van der Waals surface area contributed by atoms with E-state index in [2.05, 4.69) is 28.7 Å². The van der Waals surface area contributed by atoms with Gasteiger partial charge in [0.05, 0.1) is 0 Å². The first-order valence-corrected chi connectivity index (χ1v) is 8.09. The second-order valence-electron chi connectivity index (χ2n) is 6.37. The van der Waals surface area contributed by atoms with Gasteiger partial charge in [-0.1, -0.05) is 6.92 Å². The molecule has 2 heterocycles. The van der Waals surface area contributed by atoms with E-state index in [1.165, 1.54) is 71.5 Å². The molecule has 4 nitrogen and oxygen atoms in total. The zero-order valence-electron chi connectivity index (χ0n) is 12.9. The quantitative estimate of drug-likeness (QED) is 0.774. The standard InChI is InChI=1S/C15H32N4/c1-3-19-8-4-5-15(19)13-17(2)11-12-18-9-6-14(16)7-10-18/h14-15H,3-13,16H2,1-2H3. The van der Waals surface area contributed by atoms with Crippen LogP contribution in [-0.4, -0.2) is 79.6 Å². The molecule has 2 fully saturated rings. The molecule has 0 radical (unpaired) electrons. The van der Waals surface area contributed by atoms with Crippen molar-refractivity contribution in [3.63, 3.8) is 0 Å². The molecule has 4 heteroatoms.